The Labute approximate surface area is 139 Å². The second kappa shape index (κ2) is 8.10. The molecule has 0 saturated heterocycles. The Bertz CT molecular complexity index is 699. The van der Waals surface area contributed by atoms with Gasteiger partial charge in [-0.05, 0) is 42.0 Å². The van der Waals surface area contributed by atoms with Crippen LogP contribution in [-0.2, 0) is 14.3 Å². The van der Waals surface area contributed by atoms with Gasteiger partial charge in [0.05, 0.1) is 7.11 Å². The highest BCUT2D eigenvalue weighted by Gasteiger charge is 2.21. The summed E-state index contributed by atoms with van der Waals surface area (Å²) >= 11 is 0. The monoisotopic (exact) mass is 330 g/mol. The zero-order valence-electron chi connectivity index (χ0n) is 13.5. The molecule has 0 radical (unpaired) electrons. The molecule has 24 heavy (non-hydrogen) atoms. The number of carbonyl (C=O) groups is 2. The molecule has 2 N–H and O–H groups in total. The zero-order chi connectivity index (χ0) is 17.5. The van der Waals surface area contributed by atoms with Crippen molar-refractivity contribution in [2.75, 3.05) is 17.7 Å². The van der Waals surface area contributed by atoms with E-state index in [4.69, 9.17) is 4.74 Å². The second-order valence-electron chi connectivity index (χ2n) is 5.13. The van der Waals surface area contributed by atoms with Gasteiger partial charge in [0.2, 0.25) is 5.91 Å². The van der Waals surface area contributed by atoms with Crippen molar-refractivity contribution < 1.29 is 18.7 Å². The lowest BCUT2D eigenvalue weighted by atomic mass is 10.1. The van der Waals surface area contributed by atoms with E-state index >= 15 is 0 Å². The van der Waals surface area contributed by atoms with Crippen LogP contribution in [0.3, 0.4) is 0 Å². The van der Waals surface area contributed by atoms with Gasteiger partial charge >= 0.3 is 5.97 Å². The molecule has 0 aliphatic heterocycles. The van der Waals surface area contributed by atoms with E-state index in [1.165, 1.54) is 31.4 Å². The van der Waals surface area contributed by atoms with Crippen LogP contribution in [0.2, 0.25) is 0 Å². The van der Waals surface area contributed by atoms with E-state index in [0.717, 1.165) is 0 Å². The molecule has 0 fully saturated rings. The molecule has 0 saturated carbocycles. The minimum atomic E-state index is -0.758. The molecule has 2 rings (SSSR count). The second-order valence-corrected chi connectivity index (χ2v) is 5.13. The normalized spacial score (nSPS) is 11.5. The fraction of sp³-hybridized carbons (Fsp3) is 0.222. The summed E-state index contributed by atoms with van der Waals surface area (Å²) in [5, 5.41) is 5.79. The molecule has 1 amide bonds. The first-order valence-corrected chi connectivity index (χ1v) is 7.53. The first-order chi connectivity index (χ1) is 11.5. The SMILES string of the molecule is CCC(=O)Nc1ccc(N[C@H](C(=O)OC)c2ccc(F)cc2)cc1. The quantitative estimate of drug-likeness (QED) is 0.796. The van der Waals surface area contributed by atoms with Gasteiger partial charge in [0, 0.05) is 17.8 Å². The van der Waals surface area contributed by atoms with Gasteiger partial charge < -0.3 is 15.4 Å². The molecule has 0 aromatic heterocycles. The molecular weight excluding hydrogens is 311 g/mol. The minimum Gasteiger partial charge on any atom is -0.467 e. The van der Waals surface area contributed by atoms with Crippen molar-refractivity contribution in [1.29, 1.82) is 0 Å². The molecule has 0 unspecified atom stereocenters. The molecule has 126 valence electrons. The van der Waals surface area contributed by atoms with Crippen molar-refractivity contribution in [3.63, 3.8) is 0 Å². The van der Waals surface area contributed by atoms with Crippen molar-refractivity contribution in [3.8, 4) is 0 Å². The first-order valence-electron chi connectivity index (χ1n) is 7.53. The number of benzene rings is 2. The highest BCUT2D eigenvalue weighted by molar-refractivity contribution is 5.90. The summed E-state index contributed by atoms with van der Waals surface area (Å²) in [4.78, 5) is 23.4. The Balaban J connectivity index is 2.16. The van der Waals surface area contributed by atoms with E-state index in [9.17, 15) is 14.0 Å². The molecule has 0 bridgehead atoms. The van der Waals surface area contributed by atoms with Gasteiger partial charge in [0.25, 0.3) is 0 Å². The third kappa shape index (κ3) is 4.55. The largest absolute Gasteiger partial charge is 0.467 e. The topological polar surface area (TPSA) is 67.4 Å². The molecule has 0 heterocycles. The van der Waals surface area contributed by atoms with E-state index in [2.05, 4.69) is 10.6 Å². The Morgan fingerprint density at radius 1 is 1.04 bits per heavy atom. The summed E-state index contributed by atoms with van der Waals surface area (Å²) in [7, 11) is 1.30. The molecule has 6 heteroatoms. The fourth-order valence-corrected chi connectivity index (χ4v) is 2.12. The summed E-state index contributed by atoms with van der Waals surface area (Å²) in [6.07, 6.45) is 0.398. The number of ether oxygens (including phenoxy) is 1. The van der Waals surface area contributed by atoms with Crippen molar-refractivity contribution in [3.05, 3.63) is 59.9 Å². The summed E-state index contributed by atoms with van der Waals surface area (Å²) in [5.74, 6) is -0.933. The third-order valence-corrected chi connectivity index (χ3v) is 3.44. The van der Waals surface area contributed by atoms with Crippen molar-refractivity contribution >= 4 is 23.3 Å². The standard InChI is InChI=1S/C18H19FN2O3/c1-3-16(22)20-14-8-10-15(11-9-14)21-17(18(23)24-2)12-4-6-13(19)7-5-12/h4-11,17,21H,3H2,1-2H3,(H,20,22)/t17-/m0/s1. The Kier molecular flexibility index (Phi) is 5.89. The highest BCUT2D eigenvalue weighted by atomic mass is 19.1. The van der Waals surface area contributed by atoms with Crippen LogP contribution in [0, 0.1) is 5.82 Å². The van der Waals surface area contributed by atoms with Gasteiger partial charge in [0.1, 0.15) is 5.82 Å². The highest BCUT2D eigenvalue weighted by Crippen LogP contribution is 2.22. The number of esters is 1. The zero-order valence-corrected chi connectivity index (χ0v) is 13.5. The van der Waals surface area contributed by atoms with Crippen LogP contribution in [-0.4, -0.2) is 19.0 Å². The Morgan fingerprint density at radius 3 is 2.17 bits per heavy atom. The molecule has 0 aliphatic rings. The lowest BCUT2D eigenvalue weighted by Gasteiger charge is -2.18. The fourth-order valence-electron chi connectivity index (χ4n) is 2.12. The third-order valence-electron chi connectivity index (χ3n) is 3.44. The van der Waals surface area contributed by atoms with Crippen LogP contribution in [0.4, 0.5) is 15.8 Å². The van der Waals surface area contributed by atoms with E-state index < -0.39 is 12.0 Å². The average molecular weight is 330 g/mol. The summed E-state index contributed by atoms with van der Waals surface area (Å²) < 4.78 is 17.9. The number of hydrogen-bond donors (Lipinski definition) is 2. The molecule has 0 spiro atoms. The Morgan fingerprint density at radius 2 is 1.62 bits per heavy atom. The first kappa shape index (κ1) is 17.5. The van der Waals surface area contributed by atoms with Crippen LogP contribution in [0.15, 0.2) is 48.5 Å². The minimum absolute atomic E-state index is 0.0746. The van der Waals surface area contributed by atoms with Crippen LogP contribution >= 0.6 is 0 Å². The van der Waals surface area contributed by atoms with Gasteiger partial charge in [-0.25, -0.2) is 9.18 Å². The molecule has 5 nitrogen and oxygen atoms in total. The maximum Gasteiger partial charge on any atom is 0.332 e. The number of rotatable bonds is 6. The number of nitrogens with one attached hydrogen (secondary N) is 2. The summed E-state index contributed by atoms with van der Waals surface area (Å²) in [6, 6.07) is 11.8. The van der Waals surface area contributed by atoms with E-state index in [1.54, 1.807) is 31.2 Å². The van der Waals surface area contributed by atoms with E-state index in [-0.39, 0.29) is 11.7 Å². The maximum atomic E-state index is 13.1. The number of hydrogen-bond acceptors (Lipinski definition) is 4. The number of amides is 1. The van der Waals surface area contributed by atoms with Crippen LogP contribution < -0.4 is 10.6 Å². The average Bonchev–Trinajstić information content (AvgIpc) is 2.61. The number of methoxy groups -OCH3 is 1. The van der Waals surface area contributed by atoms with Crippen molar-refractivity contribution in [1.82, 2.24) is 0 Å². The number of anilines is 2. The summed E-state index contributed by atoms with van der Waals surface area (Å²) in [5.41, 5.74) is 1.93. The summed E-state index contributed by atoms with van der Waals surface area (Å²) in [6.45, 7) is 1.77. The van der Waals surface area contributed by atoms with Gasteiger partial charge in [-0.2, -0.15) is 0 Å². The number of carbonyl (C=O) groups excluding carboxylic acids is 2. The van der Waals surface area contributed by atoms with Gasteiger partial charge in [0.15, 0.2) is 6.04 Å². The van der Waals surface area contributed by atoms with Crippen LogP contribution in [0.25, 0.3) is 0 Å². The molecule has 2 aromatic rings. The van der Waals surface area contributed by atoms with Gasteiger partial charge in [-0.15, -0.1) is 0 Å². The van der Waals surface area contributed by atoms with Gasteiger partial charge in [-0.1, -0.05) is 19.1 Å². The van der Waals surface area contributed by atoms with Crippen LogP contribution in [0.5, 0.6) is 0 Å². The van der Waals surface area contributed by atoms with E-state index in [1.807, 2.05) is 0 Å². The molecular formula is C18H19FN2O3. The molecule has 0 aliphatic carbocycles. The maximum absolute atomic E-state index is 13.1. The lowest BCUT2D eigenvalue weighted by molar-refractivity contribution is -0.141. The lowest BCUT2D eigenvalue weighted by Crippen LogP contribution is -2.22. The van der Waals surface area contributed by atoms with E-state index in [0.29, 0.717) is 23.4 Å². The van der Waals surface area contributed by atoms with Crippen molar-refractivity contribution in [2.24, 2.45) is 0 Å². The predicted octanol–water partition coefficient (Wildman–Crippen LogP) is 3.50. The Hall–Kier alpha value is -2.89. The predicted molar refractivity (Wildman–Crippen MR) is 90.1 cm³/mol. The van der Waals surface area contributed by atoms with Gasteiger partial charge in [-0.3, -0.25) is 4.79 Å². The smallest absolute Gasteiger partial charge is 0.332 e. The molecule has 1 atom stereocenters. The van der Waals surface area contributed by atoms with Crippen LogP contribution in [0.1, 0.15) is 24.9 Å². The van der Waals surface area contributed by atoms with Crippen molar-refractivity contribution in [2.45, 2.75) is 19.4 Å². The number of halogens is 1. The molecule has 2 aromatic carbocycles.